The van der Waals surface area contributed by atoms with Crippen molar-refractivity contribution in [2.24, 2.45) is 0 Å². The summed E-state index contributed by atoms with van der Waals surface area (Å²) in [6, 6.07) is 5.30. The highest BCUT2D eigenvalue weighted by Crippen LogP contribution is 2.39. The molecule has 1 unspecified atom stereocenters. The lowest BCUT2D eigenvalue weighted by molar-refractivity contribution is 0.0593. The van der Waals surface area contributed by atoms with Crippen molar-refractivity contribution < 1.29 is 18.3 Å². The first kappa shape index (κ1) is 16.3. The first-order valence-electron chi connectivity index (χ1n) is 7.50. The van der Waals surface area contributed by atoms with E-state index < -0.39 is 11.6 Å². The summed E-state index contributed by atoms with van der Waals surface area (Å²) >= 11 is 0. The molecule has 2 atom stereocenters. The molecule has 3 rings (SSSR count). The highest BCUT2D eigenvalue weighted by Gasteiger charge is 2.48. The molecule has 0 spiro atoms. The standard InChI is InChI=1S/C17H17F2N3O2/c1-10-17(2,19)9-22(10)15-14(11-4-6-12(18)7-5-11)21-13(8-20-15)16(23)24-3/h4-8,10H,9H2,1-3H3/t10-,17?/m1/s1. The largest absolute Gasteiger partial charge is 0.464 e. The van der Waals surface area contributed by atoms with Crippen LogP contribution in [-0.4, -0.2) is 41.3 Å². The number of methoxy groups -OCH3 is 1. The van der Waals surface area contributed by atoms with Crippen LogP contribution in [0.25, 0.3) is 11.3 Å². The zero-order chi connectivity index (χ0) is 17.5. The molecule has 1 aromatic carbocycles. The van der Waals surface area contributed by atoms with Crippen molar-refractivity contribution in [1.82, 2.24) is 9.97 Å². The van der Waals surface area contributed by atoms with E-state index in [1.807, 2.05) is 0 Å². The minimum Gasteiger partial charge on any atom is -0.464 e. The molecule has 2 heterocycles. The Morgan fingerprint density at radius 1 is 1.38 bits per heavy atom. The third-order valence-corrected chi connectivity index (χ3v) is 4.36. The number of carbonyl (C=O) groups is 1. The molecule has 0 amide bonds. The average Bonchev–Trinajstić information content (AvgIpc) is 2.59. The van der Waals surface area contributed by atoms with Gasteiger partial charge in [-0.25, -0.2) is 23.5 Å². The van der Waals surface area contributed by atoms with E-state index in [1.54, 1.807) is 24.0 Å². The molecule has 0 N–H and O–H groups in total. The van der Waals surface area contributed by atoms with Crippen LogP contribution >= 0.6 is 0 Å². The van der Waals surface area contributed by atoms with Crippen LogP contribution in [0.4, 0.5) is 14.6 Å². The normalized spacial score (nSPS) is 22.9. The summed E-state index contributed by atoms with van der Waals surface area (Å²) < 4.78 is 32.0. The van der Waals surface area contributed by atoms with Crippen LogP contribution in [0.2, 0.25) is 0 Å². The van der Waals surface area contributed by atoms with Crippen molar-refractivity contribution in [3.63, 3.8) is 0 Å². The predicted octanol–water partition coefficient (Wildman–Crippen LogP) is 3.01. The van der Waals surface area contributed by atoms with Crippen molar-refractivity contribution in [3.05, 3.63) is 42.0 Å². The zero-order valence-corrected chi connectivity index (χ0v) is 13.6. The van der Waals surface area contributed by atoms with Gasteiger partial charge in [0.15, 0.2) is 11.5 Å². The van der Waals surface area contributed by atoms with E-state index in [0.717, 1.165) is 0 Å². The molecular weight excluding hydrogens is 316 g/mol. The van der Waals surface area contributed by atoms with Gasteiger partial charge in [0, 0.05) is 5.56 Å². The minimum atomic E-state index is -1.32. The Balaban J connectivity index is 2.08. The SMILES string of the molecule is COC(=O)c1cnc(N2CC(C)(F)[C@H]2C)c(-c2ccc(F)cc2)n1. The number of hydrogen-bond donors (Lipinski definition) is 0. The Bertz CT molecular complexity index is 778. The van der Waals surface area contributed by atoms with E-state index in [9.17, 15) is 13.6 Å². The molecule has 1 aliphatic rings. The molecule has 126 valence electrons. The summed E-state index contributed by atoms with van der Waals surface area (Å²) in [5, 5.41) is 0. The molecule has 1 saturated heterocycles. The van der Waals surface area contributed by atoms with Gasteiger partial charge in [-0.2, -0.15) is 0 Å². The zero-order valence-electron chi connectivity index (χ0n) is 13.6. The number of anilines is 1. The lowest BCUT2D eigenvalue weighted by Crippen LogP contribution is -2.65. The average molecular weight is 333 g/mol. The highest BCUT2D eigenvalue weighted by atomic mass is 19.1. The topological polar surface area (TPSA) is 55.3 Å². The summed E-state index contributed by atoms with van der Waals surface area (Å²) in [4.78, 5) is 22.1. The van der Waals surface area contributed by atoms with Gasteiger partial charge in [0.2, 0.25) is 0 Å². The van der Waals surface area contributed by atoms with Gasteiger partial charge in [-0.15, -0.1) is 0 Å². The van der Waals surface area contributed by atoms with E-state index in [4.69, 9.17) is 0 Å². The van der Waals surface area contributed by atoms with E-state index in [0.29, 0.717) is 17.1 Å². The fraction of sp³-hybridized carbons (Fsp3) is 0.353. The third-order valence-electron chi connectivity index (χ3n) is 4.36. The molecule has 7 heteroatoms. The number of rotatable bonds is 3. The number of alkyl halides is 1. The van der Waals surface area contributed by atoms with Gasteiger partial charge in [0.25, 0.3) is 0 Å². The second kappa shape index (κ2) is 5.81. The Morgan fingerprint density at radius 3 is 2.58 bits per heavy atom. The molecule has 5 nitrogen and oxygen atoms in total. The summed E-state index contributed by atoms with van der Waals surface area (Å²) in [7, 11) is 1.25. The molecule has 1 fully saturated rings. The maximum atomic E-state index is 14.2. The molecule has 0 bridgehead atoms. The van der Waals surface area contributed by atoms with Gasteiger partial charge in [-0.1, -0.05) is 0 Å². The number of benzene rings is 1. The van der Waals surface area contributed by atoms with Crippen LogP contribution in [-0.2, 0) is 4.74 Å². The van der Waals surface area contributed by atoms with Gasteiger partial charge in [0.05, 0.1) is 25.9 Å². The Morgan fingerprint density at radius 2 is 2.04 bits per heavy atom. The number of ether oxygens (including phenoxy) is 1. The van der Waals surface area contributed by atoms with E-state index in [2.05, 4.69) is 14.7 Å². The van der Waals surface area contributed by atoms with Crippen molar-refractivity contribution in [2.45, 2.75) is 25.6 Å². The third kappa shape index (κ3) is 2.70. The maximum absolute atomic E-state index is 14.2. The van der Waals surface area contributed by atoms with Gasteiger partial charge >= 0.3 is 5.97 Å². The fourth-order valence-electron chi connectivity index (χ4n) is 2.67. The number of nitrogens with zero attached hydrogens (tertiary/aromatic N) is 3. The minimum absolute atomic E-state index is 0.0387. The molecule has 1 aliphatic heterocycles. The van der Waals surface area contributed by atoms with Crippen LogP contribution in [0.5, 0.6) is 0 Å². The molecule has 0 aliphatic carbocycles. The Hall–Kier alpha value is -2.57. The van der Waals surface area contributed by atoms with Crippen LogP contribution in [0.15, 0.2) is 30.5 Å². The predicted molar refractivity (Wildman–Crippen MR) is 85.1 cm³/mol. The quantitative estimate of drug-likeness (QED) is 0.808. The van der Waals surface area contributed by atoms with Crippen LogP contribution in [0.1, 0.15) is 24.3 Å². The molecule has 0 radical (unpaired) electrons. The fourth-order valence-corrected chi connectivity index (χ4v) is 2.67. The van der Waals surface area contributed by atoms with Crippen molar-refractivity contribution in [3.8, 4) is 11.3 Å². The summed E-state index contributed by atoms with van der Waals surface area (Å²) in [5.41, 5.74) is -0.302. The van der Waals surface area contributed by atoms with Gasteiger partial charge in [0.1, 0.15) is 17.2 Å². The van der Waals surface area contributed by atoms with Crippen molar-refractivity contribution in [1.29, 1.82) is 0 Å². The van der Waals surface area contributed by atoms with E-state index in [1.165, 1.54) is 32.4 Å². The maximum Gasteiger partial charge on any atom is 0.358 e. The Kier molecular flexibility index (Phi) is 3.95. The lowest BCUT2D eigenvalue weighted by atomic mass is 9.88. The first-order valence-corrected chi connectivity index (χ1v) is 7.50. The van der Waals surface area contributed by atoms with E-state index in [-0.39, 0.29) is 24.1 Å². The van der Waals surface area contributed by atoms with Crippen LogP contribution in [0, 0.1) is 5.82 Å². The molecule has 0 saturated carbocycles. The summed E-state index contributed by atoms with van der Waals surface area (Å²) in [6.07, 6.45) is 1.30. The van der Waals surface area contributed by atoms with Crippen LogP contribution in [0.3, 0.4) is 0 Å². The second-order valence-electron chi connectivity index (χ2n) is 6.01. The molecule has 2 aromatic rings. The highest BCUT2D eigenvalue weighted by molar-refractivity contribution is 5.88. The number of esters is 1. The smallest absolute Gasteiger partial charge is 0.358 e. The molecule has 24 heavy (non-hydrogen) atoms. The van der Waals surface area contributed by atoms with Gasteiger partial charge in [-0.3, -0.25) is 0 Å². The van der Waals surface area contributed by atoms with Gasteiger partial charge in [-0.05, 0) is 38.1 Å². The van der Waals surface area contributed by atoms with Crippen molar-refractivity contribution in [2.75, 3.05) is 18.6 Å². The van der Waals surface area contributed by atoms with Crippen LogP contribution < -0.4 is 4.90 Å². The van der Waals surface area contributed by atoms with Crippen molar-refractivity contribution >= 4 is 11.8 Å². The first-order chi connectivity index (χ1) is 11.3. The summed E-state index contributed by atoms with van der Waals surface area (Å²) in [5.74, 6) is -0.549. The number of aromatic nitrogens is 2. The number of hydrogen-bond acceptors (Lipinski definition) is 5. The lowest BCUT2D eigenvalue weighted by Gasteiger charge is -2.50. The number of halogens is 2. The molecular formula is C17H17F2N3O2. The number of carbonyl (C=O) groups excluding carboxylic acids is 1. The monoisotopic (exact) mass is 333 g/mol. The summed E-state index contributed by atoms with van der Waals surface area (Å²) in [6.45, 7) is 3.46. The van der Waals surface area contributed by atoms with Gasteiger partial charge < -0.3 is 9.64 Å². The second-order valence-corrected chi connectivity index (χ2v) is 6.01. The van der Waals surface area contributed by atoms with E-state index >= 15 is 0 Å². The molecule has 1 aromatic heterocycles. The Labute approximate surface area is 138 Å².